The molecular formula is C16H19F3N6. The van der Waals surface area contributed by atoms with Crippen LogP contribution in [0.2, 0.25) is 0 Å². The van der Waals surface area contributed by atoms with Crippen molar-refractivity contribution in [1.82, 2.24) is 20.6 Å². The topological polar surface area (TPSA) is 74.2 Å². The summed E-state index contributed by atoms with van der Waals surface area (Å²) in [6.07, 6.45) is -3.41. The molecule has 0 amide bonds. The van der Waals surface area contributed by atoms with Crippen molar-refractivity contribution in [3.63, 3.8) is 0 Å². The third-order valence-electron chi connectivity index (χ3n) is 3.17. The Morgan fingerprint density at radius 3 is 2.52 bits per heavy atom. The lowest BCUT2D eigenvalue weighted by Gasteiger charge is -2.12. The molecule has 1 aromatic carbocycles. The van der Waals surface area contributed by atoms with Gasteiger partial charge >= 0.3 is 6.18 Å². The van der Waals surface area contributed by atoms with E-state index in [1.165, 1.54) is 0 Å². The minimum absolute atomic E-state index is 0.0659. The van der Waals surface area contributed by atoms with Crippen LogP contribution in [0.5, 0.6) is 0 Å². The van der Waals surface area contributed by atoms with Crippen LogP contribution in [-0.4, -0.2) is 36.1 Å². The zero-order chi connectivity index (χ0) is 18.1. The van der Waals surface area contributed by atoms with Gasteiger partial charge in [-0.25, -0.2) is 9.97 Å². The average molecular weight is 352 g/mol. The summed E-state index contributed by atoms with van der Waals surface area (Å²) in [5.74, 6) is 0.527. The van der Waals surface area contributed by atoms with Gasteiger partial charge in [0.2, 0.25) is 5.95 Å². The number of aliphatic imine (C=N–C) groups is 1. The van der Waals surface area contributed by atoms with E-state index in [1.807, 2.05) is 30.3 Å². The van der Waals surface area contributed by atoms with E-state index in [9.17, 15) is 13.2 Å². The van der Waals surface area contributed by atoms with E-state index in [4.69, 9.17) is 0 Å². The highest BCUT2D eigenvalue weighted by Gasteiger charge is 2.32. The van der Waals surface area contributed by atoms with Gasteiger partial charge in [-0.2, -0.15) is 13.2 Å². The highest BCUT2D eigenvalue weighted by Crippen LogP contribution is 2.27. The van der Waals surface area contributed by atoms with Crippen molar-refractivity contribution in [3.8, 4) is 0 Å². The second-order valence-corrected chi connectivity index (χ2v) is 5.03. The maximum absolute atomic E-state index is 12.6. The number of nitrogens with zero attached hydrogens (tertiary/aromatic N) is 3. The van der Waals surface area contributed by atoms with E-state index >= 15 is 0 Å². The van der Waals surface area contributed by atoms with Gasteiger partial charge in [0.25, 0.3) is 0 Å². The monoisotopic (exact) mass is 352 g/mol. The van der Waals surface area contributed by atoms with Crippen molar-refractivity contribution < 1.29 is 13.2 Å². The average Bonchev–Trinajstić information content (AvgIpc) is 2.61. The summed E-state index contributed by atoms with van der Waals surface area (Å²) in [6, 6.07) is 10.7. The molecule has 0 aliphatic rings. The number of anilines is 1. The van der Waals surface area contributed by atoms with Crippen LogP contribution in [0.1, 0.15) is 11.3 Å². The first kappa shape index (κ1) is 18.5. The van der Waals surface area contributed by atoms with Crippen molar-refractivity contribution >= 4 is 11.9 Å². The number of hydrogen-bond acceptors (Lipinski definition) is 4. The van der Waals surface area contributed by atoms with Gasteiger partial charge in [-0.05, 0) is 11.6 Å². The van der Waals surface area contributed by atoms with E-state index in [1.54, 1.807) is 7.05 Å². The predicted octanol–water partition coefficient (Wildman–Crippen LogP) is 2.27. The number of guanidine groups is 1. The lowest BCUT2D eigenvalue weighted by atomic mass is 10.2. The molecule has 9 heteroatoms. The Morgan fingerprint density at radius 1 is 1.08 bits per heavy atom. The molecule has 6 nitrogen and oxygen atoms in total. The fourth-order valence-corrected chi connectivity index (χ4v) is 1.96. The number of rotatable bonds is 6. The number of halogens is 3. The lowest BCUT2D eigenvalue weighted by molar-refractivity contribution is -0.141. The van der Waals surface area contributed by atoms with Crippen LogP contribution in [0.25, 0.3) is 0 Å². The van der Waals surface area contributed by atoms with Gasteiger partial charge in [-0.15, -0.1) is 0 Å². The van der Waals surface area contributed by atoms with E-state index in [0.29, 0.717) is 25.6 Å². The summed E-state index contributed by atoms with van der Waals surface area (Å²) in [6.45, 7) is 1.39. The molecule has 0 atom stereocenters. The SMILES string of the molecule is CN=C(NCCNc1nccc(C(F)(F)F)n1)NCc1ccccc1. The van der Waals surface area contributed by atoms with Crippen LogP contribution in [0.15, 0.2) is 47.6 Å². The largest absolute Gasteiger partial charge is 0.433 e. The van der Waals surface area contributed by atoms with E-state index in [0.717, 1.165) is 17.8 Å². The first-order valence-corrected chi connectivity index (χ1v) is 7.61. The second-order valence-electron chi connectivity index (χ2n) is 5.03. The fraction of sp³-hybridized carbons (Fsp3) is 0.312. The Balaban J connectivity index is 1.74. The lowest BCUT2D eigenvalue weighted by Crippen LogP contribution is -2.39. The molecule has 0 spiro atoms. The van der Waals surface area contributed by atoms with E-state index in [2.05, 4.69) is 30.9 Å². The normalized spacial score (nSPS) is 11.9. The molecule has 0 radical (unpaired) electrons. The molecule has 2 aromatic rings. The molecule has 0 aliphatic carbocycles. The van der Waals surface area contributed by atoms with Crippen molar-refractivity contribution in [2.75, 3.05) is 25.5 Å². The molecule has 0 aliphatic heterocycles. The summed E-state index contributed by atoms with van der Waals surface area (Å²) < 4.78 is 37.7. The quantitative estimate of drug-likeness (QED) is 0.423. The van der Waals surface area contributed by atoms with Crippen molar-refractivity contribution in [1.29, 1.82) is 0 Å². The van der Waals surface area contributed by atoms with Crippen LogP contribution < -0.4 is 16.0 Å². The Morgan fingerprint density at radius 2 is 1.84 bits per heavy atom. The number of benzene rings is 1. The zero-order valence-corrected chi connectivity index (χ0v) is 13.6. The first-order chi connectivity index (χ1) is 12.0. The molecule has 0 saturated carbocycles. The summed E-state index contributed by atoms with van der Waals surface area (Å²) in [5, 5.41) is 8.94. The number of nitrogens with one attached hydrogen (secondary N) is 3. The second kappa shape index (κ2) is 8.86. The number of alkyl halides is 3. The Labute approximate surface area is 143 Å². The van der Waals surface area contributed by atoms with Crippen LogP contribution in [0.4, 0.5) is 19.1 Å². The molecule has 1 aromatic heterocycles. The Hall–Kier alpha value is -2.84. The Kier molecular flexibility index (Phi) is 6.55. The van der Waals surface area contributed by atoms with Gasteiger partial charge in [-0.1, -0.05) is 30.3 Å². The third-order valence-corrected chi connectivity index (χ3v) is 3.17. The van der Waals surface area contributed by atoms with Crippen LogP contribution in [0, 0.1) is 0 Å². The minimum atomic E-state index is -4.49. The molecule has 3 N–H and O–H groups in total. The van der Waals surface area contributed by atoms with Gasteiger partial charge in [0.1, 0.15) is 5.69 Å². The molecule has 0 saturated heterocycles. The van der Waals surface area contributed by atoms with Crippen LogP contribution in [-0.2, 0) is 12.7 Å². The Bertz CT molecular complexity index is 688. The molecule has 0 fully saturated rings. The zero-order valence-electron chi connectivity index (χ0n) is 13.6. The van der Waals surface area contributed by atoms with Gasteiger partial charge in [0.05, 0.1) is 0 Å². The summed E-state index contributed by atoms with van der Waals surface area (Å²) in [7, 11) is 1.64. The summed E-state index contributed by atoms with van der Waals surface area (Å²) in [5.41, 5.74) is 0.138. The smallest absolute Gasteiger partial charge is 0.355 e. The third kappa shape index (κ3) is 6.28. The van der Waals surface area contributed by atoms with Crippen molar-refractivity contribution in [3.05, 3.63) is 53.9 Å². The maximum Gasteiger partial charge on any atom is 0.433 e. The predicted molar refractivity (Wildman–Crippen MR) is 90.2 cm³/mol. The van der Waals surface area contributed by atoms with Gasteiger partial charge in [0, 0.05) is 32.9 Å². The van der Waals surface area contributed by atoms with Gasteiger partial charge in [-0.3, -0.25) is 4.99 Å². The van der Waals surface area contributed by atoms with Crippen LogP contribution in [0.3, 0.4) is 0 Å². The molecule has 134 valence electrons. The molecule has 25 heavy (non-hydrogen) atoms. The minimum Gasteiger partial charge on any atom is -0.355 e. The van der Waals surface area contributed by atoms with E-state index < -0.39 is 11.9 Å². The highest BCUT2D eigenvalue weighted by molar-refractivity contribution is 5.79. The van der Waals surface area contributed by atoms with Gasteiger partial charge in [0.15, 0.2) is 5.96 Å². The van der Waals surface area contributed by atoms with Crippen LogP contribution >= 0.6 is 0 Å². The maximum atomic E-state index is 12.6. The molecule has 0 bridgehead atoms. The molecular weight excluding hydrogens is 333 g/mol. The first-order valence-electron chi connectivity index (χ1n) is 7.61. The fourth-order valence-electron chi connectivity index (χ4n) is 1.96. The number of hydrogen-bond donors (Lipinski definition) is 3. The summed E-state index contributed by atoms with van der Waals surface area (Å²) in [4.78, 5) is 11.3. The van der Waals surface area contributed by atoms with E-state index in [-0.39, 0.29) is 5.95 Å². The molecule has 0 unspecified atom stereocenters. The van der Waals surface area contributed by atoms with Gasteiger partial charge < -0.3 is 16.0 Å². The highest BCUT2D eigenvalue weighted by atomic mass is 19.4. The standard InChI is InChI=1S/C16H19F3N6/c1-20-14(24-11-12-5-3-2-4-6-12)22-9-10-23-15-21-8-7-13(25-15)16(17,18)19/h2-8H,9-11H2,1H3,(H2,20,22,24)(H,21,23,25). The molecule has 1 heterocycles. The molecule has 2 rings (SSSR count). The summed E-state index contributed by atoms with van der Waals surface area (Å²) >= 11 is 0. The van der Waals surface area contributed by atoms with Crippen molar-refractivity contribution in [2.45, 2.75) is 12.7 Å². The van der Waals surface area contributed by atoms with Crippen molar-refractivity contribution in [2.24, 2.45) is 4.99 Å². The number of aromatic nitrogens is 2.